The monoisotopic (exact) mass is 420 g/mol. The van der Waals surface area contributed by atoms with Crippen LogP contribution in [0.15, 0.2) is 14.6 Å². The zero-order chi connectivity index (χ0) is 19.5. The lowest BCUT2D eigenvalue weighted by atomic mass is 9.83. The normalized spacial score (nSPS) is 19.1. The summed E-state index contributed by atoms with van der Waals surface area (Å²) < 4.78 is 31.2. The zero-order valence-corrected chi connectivity index (χ0v) is 16.9. The molecule has 0 saturated carbocycles. The first-order valence-electron chi connectivity index (χ1n) is 9.47. The molecule has 0 fully saturated rings. The number of urea groups is 1. The van der Waals surface area contributed by atoms with E-state index in [9.17, 15) is 13.4 Å². The maximum atomic E-state index is 14.7. The van der Waals surface area contributed by atoms with Crippen LogP contribution in [0.3, 0.4) is 0 Å². The molecule has 2 aromatic rings. The van der Waals surface area contributed by atoms with Gasteiger partial charge in [0.2, 0.25) is 0 Å². The SMILES string of the molecule is N[S@](=O)(=NC(=O)Nc1c2c(cc3c1CC3)CCC2)c1sc2c(c1F)CNCC2. The number of nitrogens with zero attached hydrogens (tertiary/aromatic N) is 1. The van der Waals surface area contributed by atoms with Crippen LogP contribution in [0.4, 0.5) is 14.9 Å². The van der Waals surface area contributed by atoms with Gasteiger partial charge in [0, 0.05) is 29.2 Å². The van der Waals surface area contributed by atoms with Crippen LogP contribution in [0.2, 0.25) is 0 Å². The smallest absolute Gasteiger partial charge is 0.312 e. The first-order chi connectivity index (χ1) is 13.4. The first kappa shape index (κ1) is 18.2. The minimum Gasteiger partial charge on any atom is -0.312 e. The second-order valence-electron chi connectivity index (χ2n) is 7.50. The number of aryl methyl sites for hydroxylation is 2. The second-order valence-corrected chi connectivity index (χ2v) is 10.6. The number of nitrogens with one attached hydrogen (secondary N) is 2. The van der Waals surface area contributed by atoms with Crippen molar-refractivity contribution in [2.75, 3.05) is 11.9 Å². The molecule has 0 bridgehead atoms. The van der Waals surface area contributed by atoms with Crippen molar-refractivity contribution >= 4 is 33.0 Å². The predicted molar refractivity (Wildman–Crippen MR) is 108 cm³/mol. The van der Waals surface area contributed by atoms with E-state index in [1.165, 1.54) is 11.1 Å². The third-order valence-corrected chi connectivity index (χ3v) is 8.96. The number of hydrogen-bond acceptors (Lipinski definition) is 4. The van der Waals surface area contributed by atoms with E-state index in [0.717, 1.165) is 71.7 Å². The van der Waals surface area contributed by atoms with Crippen LogP contribution in [0.1, 0.15) is 39.1 Å². The number of rotatable bonds is 2. The van der Waals surface area contributed by atoms with Crippen molar-refractivity contribution in [2.24, 2.45) is 9.50 Å². The molecule has 4 N–H and O–H groups in total. The topological polar surface area (TPSA) is 96.6 Å². The summed E-state index contributed by atoms with van der Waals surface area (Å²) in [5.41, 5.74) is 6.10. The highest BCUT2D eigenvalue weighted by atomic mass is 32.2. The Morgan fingerprint density at radius 3 is 2.71 bits per heavy atom. The highest BCUT2D eigenvalue weighted by Gasteiger charge is 2.29. The van der Waals surface area contributed by atoms with Crippen LogP contribution in [0.25, 0.3) is 0 Å². The summed E-state index contributed by atoms with van der Waals surface area (Å²) in [6, 6.07) is 1.46. The van der Waals surface area contributed by atoms with Crippen LogP contribution < -0.4 is 15.8 Å². The Labute approximate surface area is 167 Å². The van der Waals surface area contributed by atoms with Crippen LogP contribution in [0, 0.1) is 5.82 Å². The summed E-state index contributed by atoms with van der Waals surface area (Å²) in [4.78, 5) is 13.4. The third-order valence-electron chi connectivity index (χ3n) is 5.79. The Morgan fingerprint density at radius 1 is 1.18 bits per heavy atom. The van der Waals surface area contributed by atoms with Crippen LogP contribution in [0.5, 0.6) is 0 Å². The van der Waals surface area contributed by atoms with Crippen molar-refractivity contribution in [2.45, 2.75) is 49.3 Å². The van der Waals surface area contributed by atoms with E-state index in [-0.39, 0.29) is 4.21 Å². The van der Waals surface area contributed by atoms with Crippen molar-refractivity contribution in [3.05, 3.63) is 44.6 Å². The maximum absolute atomic E-state index is 14.7. The number of fused-ring (bicyclic) bond motifs is 3. The highest BCUT2D eigenvalue weighted by molar-refractivity contribution is 7.93. The summed E-state index contributed by atoms with van der Waals surface area (Å²) in [7, 11) is -3.64. The van der Waals surface area contributed by atoms with Gasteiger partial charge in [-0.2, -0.15) is 0 Å². The lowest BCUT2D eigenvalue weighted by Gasteiger charge is -2.25. The van der Waals surface area contributed by atoms with Crippen molar-refractivity contribution < 1.29 is 13.4 Å². The minimum absolute atomic E-state index is 0.136. The van der Waals surface area contributed by atoms with E-state index in [0.29, 0.717) is 18.5 Å². The minimum atomic E-state index is -3.64. The summed E-state index contributed by atoms with van der Waals surface area (Å²) in [6.45, 7) is 1.11. The van der Waals surface area contributed by atoms with E-state index in [2.05, 4.69) is 21.1 Å². The second kappa shape index (κ2) is 6.62. The van der Waals surface area contributed by atoms with Crippen LogP contribution in [-0.4, -0.2) is 16.8 Å². The number of amides is 2. The quantitative estimate of drug-likeness (QED) is 0.697. The molecule has 1 atom stereocenters. The number of carbonyl (C=O) groups excluding carboxylic acids is 1. The Kier molecular flexibility index (Phi) is 4.31. The molecule has 9 heteroatoms. The molecule has 0 unspecified atom stereocenters. The maximum Gasteiger partial charge on any atom is 0.354 e. The molecule has 0 radical (unpaired) electrons. The standard InChI is InChI=1S/C19H21FN4O2S2/c20-16-14-9-22-7-6-15(14)27-18(16)28(21,26)24-19(25)23-17-12-3-1-2-10(12)8-11-4-5-13(11)17/h8,22H,1-7,9H2,(H3,21,23,24,25,26)/t28-/m0/s1. The van der Waals surface area contributed by atoms with Gasteiger partial charge in [-0.1, -0.05) is 6.07 Å². The molecule has 6 nitrogen and oxygen atoms in total. The number of hydrogen-bond donors (Lipinski definition) is 3. The lowest BCUT2D eigenvalue weighted by Crippen LogP contribution is -2.23. The van der Waals surface area contributed by atoms with E-state index in [1.807, 2.05) is 0 Å². The molecule has 0 saturated heterocycles. The fourth-order valence-electron chi connectivity index (χ4n) is 4.33. The van der Waals surface area contributed by atoms with Gasteiger partial charge in [0.15, 0.2) is 19.9 Å². The molecular formula is C19H21FN4O2S2. The van der Waals surface area contributed by atoms with E-state index in [1.54, 1.807) is 0 Å². The molecule has 0 spiro atoms. The zero-order valence-electron chi connectivity index (χ0n) is 15.3. The highest BCUT2D eigenvalue weighted by Crippen LogP contribution is 2.40. The Bertz CT molecular complexity index is 1130. The number of anilines is 1. The van der Waals surface area contributed by atoms with Crippen LogP contribution >= 0.6 is 11.3 Å². The fourth-order valence-corrected chi connectivity index (χ4v) is 6.91. The number of thiophene rings is 1. The van der Waals surface area contributed by atoms with Crippen molar-refractivity contribution in [3.63, 3.8) is 0 Å². The van der Waals surface area contributed by atoms with Gasteiger partial charge < -0.3 is 10.6 Å². The predicted octanol–water partition coefficient (Wildman–Crippen LogP) is 3.05. The lowest BCUT2D eigenvalue weighted by molar-refractivity contribution is 0.260. The molecule has 1 aromatic carbocycles. The first-order valence-corrected chi connectivity index (χ1v) is 11.9. The van der Waals surface area contributed by atoms with Gasteiger partial charge in [0.1, 0.15) is 0 Å². The summed E-state index contributed by atoms with van der Waals surface area (Å²) in [5, 5.41) is 11.8. The van der Waals surface area contributed by atoms with Crippen LogP contribution in [-0.2, 0) is 48.6 Å². The Morgan fingerprint density at radius 2 is 1.96 bits per heavy atom. The Balaban J connectivity index is 1.48. The number of benzene rings is 1. The number of carbonyl (C=O) groups is 1. The molecule has 148 valence electrons. The molecule has 3 aliphatic rings. The number of nitrogens with two attached hydrogens (primary N) is 1. The summed E-state index contributed by atoms with van der Waals surface area (Å²) in [6.07, 6.45) is 5.56. The van der Waals surface area contributed by atoms with Gasteiger partial charge in [0.05, 0.1) is 0 Å². The van der Waals surface area contributed by atoms with Gasteiger partial charge in [0.25, 0.3) is 0 Å². The van der Waals surface area contributed by atoms with Gasteiger partial charge in [-0.25, -0.2) is 18.5 Å². The largest absolute Gasteiger partial charge is 0.354 e. The van der Waals surface area contributed by atoms with Crippen molar-refractivity contribution in [1.29, 1.82) is 0 Å². The molecular weight excluding hydrogens is 399 g/mol. The molecule has 2 aliphatic carbocycles. The fraction of sp³-hybridized carbons (Fsp3) is 0.421. The van der Waals surface area contributed by atoms with Crippen molar-refractivity contribution in [1.82, 2.24) is 5.32 Å². The molecule has 2 heterocycles. The number of halogens is 1. The molecule has 5 rings (SSSR count). The van der Waals surface area contributed by atoms with E-state index < -0.39 is 21.8 Å². The van der Waals surface area contributed by atoms with Gasteiger partial charge in [-0.15, -0.1) is 15.7 Å². The molecule has 1 aliphatic heterocycles. The molecule has 2 amide bonds. The molecule has 28 heavy (non-hydrogen) atoms. The summed E-state index contributed by atoms with van der Waals surface area (Å²) in [5.74, 6) is -0.596. The average molecular weight is 421 g/mol. The average Bonchev–Trinajstić information content (AvgIpc) is 3.22. The van der Waals surface area contributed by atoms with Crippen molar-refractivity contribution in [3.8, 4) is 0 Å². The Hall–Kier alpha value is -1.81. The summed E-state index contributed by atoms with van der Waals surface area (Å²) >= 11 is 1.06. The van der Waals surface area contributed by atoms with E-state index >= 15 is 0 Å². The van der Waals surface area contributed by atoms with Gasteiger partial charge in [-0.05, 0) is 60.8 Å². The third kappa shape index (κ3) is 2.88. The van der Waals surface area contributed by atoms with E-state index in [4.69, 9.17) is 5.14 Å². The van der Waals surface area contributed by atoms with Gasteiger partial charge >= 0.3 is 6.03 Å². The van der Waals surface area contributed by atoms with Gasteiger partial charge in [-0.3, -0.25) is 0 Å². The molecule has 1 aromatic heterocycles.